The largest absolute Gasteiger partial charge is 0.504 e. The molecule has 0 spiro atoms. The van der Waals surface area contributed by atoms with E-state index in [4.69, 9.17) is 4.74 Å². The first-order chi connectivity index (χ1) is 14.6. The highest BCUT2D eigenvalue weighted by atomic mass is 16.5. The van der Waals surface area contributed by atoms with Crippen molar-refractivity contribution >= 4 is 5.97 Å². The van der Waals surface area contributed by atoms with Gasteiger partial charge in [0.2, 0.25) is 0 Å². The normalized spacial score (nSPS) is 11.1. The van der Waals surface area contributed by atoms with Gasteiger partial charge in [0.1, 0.15) is 5.56 Å². The lowest BCUT2D eigenvalue weighted by Gasteiger charge is -2.09. The number of aryl methyl sites for hydroxylation is 1. The minimum absolute atomic E-state index is 0.168. The minimum atomic E-state index is -1.20. The smallest absolute Gasteiger partial charge is 0.339 e. The molecular weight excluding hydrogens is 380 g/mol. The Morgan fingerprint density at radius 3 is 1.80 bits per heavy atom. The van der Waals surface area contributed by atoms with E-state index in [1.165, 1.54) is 76.7 Å². The number of unbranched alkanes of at least 4 members (excludes halogenated alkanes) is 12. The van der Waals surface area contributed by atoms with Crippen LogP contribution in [0.25, 0.3) is 0 Å². The Hall–Kier alpha value is -1.75. The first-order valence-electron chi connectivity index (χ1n) is 11.9. The molecule has 1 aromatic carbocycles. The van der Waals surface area contributed by atoms with E-state index in [0.29, 0.717) is 12.0 Å². The minimum Gasteiger partial charge on any atom is -0.504 e. The topological polar surface area (TPSA) is 87.0 Å². The van der Waals surface area contributed by atoms with E-state index in [2.05, 4.69) is 6.92 Å². The number of ether oxygens (including phenoxy) is 1. The Balaban J connectivity index is 1.94. The molecule has 30 heavy (non-hydrogen) atoms. The molecule has 1 rings (SSSR count). The van der Waals surface area contributed by atoms with Gasteiger partial charge in [0.15, 0.2) is 11.5 Å². The van der Waals surface area contributed by atoms with Crippen molar-refractivity contribution in [3.63, 3.8) is 0 Å². The molecule has 0 saturated heterocycles. The van der Waals surface area contributed by atoms with Gasteiger partial charge in [-0.15, -0.1) is 0 Å². The van der Waals surface area contributed by atoms with Crippen molar-refractivity contribution in [1.82, 2.24) is 0 Å². The number of rotatable bonds is 19. The van der Waals surface area contributed by atoms with Crippen LogP contribution in [0.15, 0.2) is 12.1 Å². The van der Waals surface area contributed by atoms with Gasteiger partial charge in [0.25, 0.3) is 0 Å². The predicted molar refractivity (Wildman–Crippen MR) is 122 cm³/mol. The molecule has 0 aliphatic rings. The Morgan fingerprint density at radius 1 is 0.767 bits per heavy atom. The first kappa shape index (κ1) is 26.3. The SMILES string of the molecule is CCCCCOCCCCCCCCCCCCCc1ccc(O)c(O)c1C(=O)O. The van der Waals surface area contributed by atoms with E-state index >= 15 is 0 Å². The number of phenols is 2. The van der Waals surface area contributed by atoms with Gasteiger partial charge >= 0.3 is 5.97 Å². The van der Waals surface area contributed by atoms with Crippen LogP contribution in [-0.4, -0.2) is 34.5 Å². The number of carboxylic acids is 1. The van der Waals surface area contributed by atoms with Gasteiger partial charge in [-0.3, -0.25) is 0 Å². The van der Waals surface area contributed by atoms with Crippen molar-refractivity contribution < 1.29 is 24.9 Å². The molecule has 3 N–H and O–H groups in total. The van der Waals surface area contributed by atoms with Gasteiger partial charge < -0.3 is 20.1 Å². The zero-order valence-electron chi connectivity index (χ0n) is 18.8. The summed E-state index contributed by atoms with van der Waals surface area (Å²) in [5.41, 5.74) is 0.419. The third-order valence-corrected chi connectivity index (χ3v) is 5.58. The second-order valence-corrected chi connectivity index (χ2v) is 8.23. The molecule has 0 aliphatic carbocycles. The number of phenolic OH excluding ortho intramolecular Hbond substituents is 1. The van der Waals surface area contributed by atoms with Crippen LogP contribution in [-0.2, 0) is 11.2 Å². The Bertz CT molecular complexity index is 585. The predicted octanol–water partition coefficient (Wildman–Crippen LogP) is 6.84. The van der Waals surface area contributed by atoms with Crippen molar-refractivity contribution in [2.75, 3.05) is 13.2 Å². The molecule has 0 heterocycles. The maximum Gasteiger partial charge on any atom is 0.339 e. The summed E-state index contributed by atoms with van der Waals surface area (Å²) in [7, 11) is 0. The number of carbonyl (C=O) groups is 1. The van der Waals surface area contributed by atoms with Crippen molar-refractivity contribution in [1.29, 1.82) is 0 Å². The van der Waals surface area contributed by atoms with Gasteiger partial charge in [-0.1, -0.05) is 83.6 Å². The van der Waals surface area contributed by atoms with Gasteiger partial charge in [-0.2, -0.15) is 0 Å². The summed E-state index contributed by atoms with van der Waals surface area (Å²) in [5, 5.41) is 28.5. The standard InChI is InChI=1S/C25H42O5/c1-2-3-14-19-30-20-15-12-10-8-6-4-5-7-9-11-13-16-21-17-18-22(26)24(27)23(21)25(28)29/h17-18,26-27H,2-16,19-20H2,1H3,(H,28,29). The Labute approximate surface area is 182 Å². The number of benzene rings is 1. The molecule has 0 unspecified atom stereocenters. The van der Waals surface area contributed by atoms with E-state index in [1.807, 2.05) is 0 Å². The second kappa shape index (κ2) is 17.0. The maximum absolute atomic E-state index is 11.3. The highest BCUT2D eigenvalue weighted by Gasteiger charge is 2.18. The van der Waals surface area contributed by atoms with Crippen molar-refractivity contribution in [2.45, 2.75) is 103 Å². The lowest BCUT2D eigenvalue weighted by molar-refractivity contribution is 0.0691. The highest BCUT2D eigenvalue weighted by Crippen LogP contribution is 2.32. The third-order valence-electron chi connectivity index (χ3n) is 5.58. The van der Waals surface area contributed by atoms with Crippen LogP contribution in [0.2, 0.25) is 0 Å². The first-order valence-corrected chi connectivity index (χ1v) is 11.9. The molecule has 0 fully saturated rings. The van der Waals surface area contributed by atoms with Crippen LogP contribution in [0.3, 0.4) is 0 Å². The molecule has 172 valence electrons. The summed E-state index contributed by atoms with van der Waals surface area (Å²) in [6.07, 6.45) is 17.6. The van der Waals surface area contributed by atoms with Crippen LogP contribution < -0.4 is 0 Å². The van der Waals surface area contributed by atoms with E-state index < -0.39 is 11.7 Å². The van der Waals surface area contributed by atoms with E-state index in [9.17, 15) is 20.1 Å². The Morgan fingerprint density at radius 2 is 1.27 bits per heavy atom. The summed E-state index contributed by atoms with van der Waals surface area (Å²) in [6.45, 7) is 4.05. The summed E-state index contributed by atoms with van der Waals surface area (Å²) < 4.78 is 5.63. The third kappa shape index (κ3) is 11.4. The summed E-state index contributed by atoms with van der Waals surface area (Å²) in [5.74, 6) is -2.11. The van der Waals surface area contributed by atoms with Crippen LogP contribution >= 0.6 is 0 Å². The fourth-order valence-corrected chi connectivity index (χ4v) is 3.74. The van der Waals surface area contributed by atoms with Crippen molar-refractivity contribution in [3.05, 3.63) is 23.3 Å². The molecular formula is C25H42O5. The van der Waals surface area contributed by atoms with Crippen LogP contribution in [0.4, 0.5) is 0 Å². The molecule has 5 heteroatoms. The zero-order chi connectivity index (χ0) is 22.0. The monoisotopic (exact) mass is 422 g/mol. The average molecular weight is 423 g/mol. The number of hydrogen-bond acceptors (Lipinski definition) is 4. The van der Waals surface area contributed by atoms with E-state index in [-0.39, 0.29) is 11.3 Å². The second-order valence-electron chi connectivity index (χ2n) is 8.23. The van der Waals surface area contributed by atoms with Gasteiger partial charge in [-0.05, 0) is 37.3 Å². The fraction of sp³-hybridized carbons (Fsp3) is 0.720. The molecule has 0 saturated carbocycles. The summed E-state index contributed by atoms with van der Waals surface area (Å²) in [6, 6.07) is 2.95. The number of aromatic hydroxyl groups is 2. The maximum atomic E-state index is 11.3. The quantitative estimate of drug-likeness (QED) is 0.168. The fourth-order valence-electron chi connectivity index (χ4n) is 3.74. The van der Waals surface area contributed by atoms with E-state index in [0.717, 1.165) is 32.5 Å². The number of aromatic carboxylic acids is 1. The van der Waals surface area contributed by atoms with Crippen LogP contribution in [0.1, 0.15) is 113 Å². The summed E-state index contributed by atoms with van der Waals surface area (Å²) >= 11 is 0. The van der Waals surface area contributed by atoms with Crippen LogP contribution in [0, 0.1) is 0 Å². The molecule has 0 bridgehead atoms. The van der Waals surface area contributed by atoms with E-state index in [1.54, 1.807) is 6.07 Å². The zero-order valence-corrected chi connectivity index (χ0v) is 18.8. The van der Waals surface area contributed by atoms with Gasteiger partial charge in [-0.25, -0.2) is 4.79 Å². The molecule has 0 amide bonds. The van der Waals surface area contributed by atoms with Gasteiger partial charge in [0.05, 0.1) is 0 Å². The van der Waals surface area contributed by atoms with Crippen LogP contribution in [0.5, 0.6) is 11.5 Å². The van der Waals surface area contributed by atoms with Crippen molar-refractivity contribution in [2.24, 2.45) is 0 Å². The molecule has 0 radical (unpaired) electrons. The van der Waals surface area contributed by atoms with Gasteiger partial charge in [0, 0.05) is 13.2 Å². The number of carboxylic acid groups (broad SMARTS) is 1. The summed E-state index contributed by atoms with van der Waals surface area (Å²) in [4.78, 5) is 11.3. The Kier molecular flexibility index (Phi) is 14.9. The average Bonchev–Trinajstić information content (AvgIpc) is 2.72. The molecule has 5 nitrogen and oxygen atoms in total. The molecule has 1 aromatic rings. The molecule has 0 aliphatic heterocycles. The molecule has 0 aromatic heterocycles. The lowest BCUT2D eigenvalue weighted by Crippen LogP contribution is -2.03. The van der Waals surface area contributed by atoms with Crippen molar-refractivity contribution in [3.8, 4) is 11.5 Å². The highest BCUT2D eigenvalue weighted by molar-refractivity contribution is 5.93. The lowest BCUT2D eigenvalue weighted by atomic mass is 9.99. The number of hydrogen-bond donors (Lipinski definition) is 3. The molecule has 0 atom stereocenters.